The molecule has 0 atom stereocenters. The topological polar surface area (TPSA) is 48.2 Å². The Labute approximate surface area is 127 Å². The van der Waals surface area contributed by atoms with E-state index in [1.165, 1.54) is 0 Å². The molecule has 21 heavy (non-hydrogen) atoms. The highest BCUT2D eigenvalue weighted by molar-refractivity contribution is 6.30. The third kappa shape index (κ3) is 3.41. The molecule has 4 nitrogen and oxygen atoms in total. The standard InChI is InChI=1S/C16H13ClN2O2/c1-11-4-2-7-14(8-11)20-10-15-18-19-16(21-15)12-5-3-6-13(17)9-12/h2-9H,10H2,1H3. The molecule has 0 aliphatic rings. The largest absolute Gasteiger partial charge is 0.484 e. The van der Waals surface area contributed by atoms with Crippen LogP contribution in [0.5, 0.6) is 5.75 Å². The van der Waals surface area contributed by atoms with E-state index in [1.807, 2.05) is 43.3 Å². The van der Waals surface area contributed by atoms with Crippen molar-refractivity contribution in [1.29, 1.82) is 0 Å². The number of aryl methyl sites for hydroxylation is 1. The number of hydrogen-bond donors (Lipinski definition) is 0. The van der Waals surface area contributed by atoms with Crippen molar-refractivity contribution in [3.63, 3.8) is 0 Å². The Balaban J connectivity index is 1.71. The maximum absolute atomic E-state index is 5.94. The summed E-state index contributed by atoms with van der Waals surface area (Å²) in [5.41, 5.74) is 1.93. The minimum absolute atomic E-state index is 0.233. The lowest BCUT2D eigenvalue weighted by atomic mass is 10.2. The number of ether oxygens (including phenoxy) is 1. The minimum atomic E-state index is 0.233. The second-order valence-corrected chi connectivity index (χ2v) is 5.05. The van der Waals surface area contributed by atoms with E-state index in [0.29, 0.717) is 16.8 Å². The van der Waals surface area contributed by atoms with Crippen LogP contribution in [-0.2, 0) is 6.61 Å². The summed E-state index contributed by atoms with van der Waals surface area (Å²) in [6.45, 7) is 2.24. The lowest BCUT2D eigenvalue weighted by molar-refractivity contribution is 0.264. The van der Waals surface area contributed by atoms with E-state index < -0.39 is 0 Å². The second kappa shape index (κ2) is 5.97. The van der Waals surface area contributed by atoms with Gasteiger partial charge in [-0.05, 0) is 42.8 Å². The van der Waals surface area contributed by atoms with Crippen molar-refractivity contribution in [1.82, 2.24) is 10.2 Å². The van der Waals surface area contributed by atoms with Crippen LogP contribution in [0.15, 0.2) is 52.9 Å². The number of halogens is 1. The first-order chi connectivity index (χ1) is 10.2. The molecular weight excluding hydrogens is 288 g/mol. The van der Waals surface area contributed by atoms with E-state index in [0.717, 1.165) is 16.9 Å². The summed E-state index contributed by atoms with van der Waals surface area (Å²) in [6.07, 6.45) is 0. The monoisotopic (exact) mass is 300 g/mol. The van der Waals surface area contributed by atoms with Gasteiger partial charge < -0.3 is 9.15 Å². The number of hydrogen-bond acceptors (Lipinski definition) is 4. The Morgan fingerprint density at radius 3 is 2.76 bits per heavy atom. The summed E-state index contributed by atoms with van der Waals surface area (Å²) in [7, 11) is 0. The van der Waals surface area contributed by atoms with Gasteiger partial charge in [-0.1, -0.05) is 29.8 Å². The van der Waals surface area contributed by atoms with Crippen LogP contribution in [-0.4, -0.2) is 10.2 Å². The van der Waals surface area contributed by atoms with Crippen LogP contribution in [0, 0.1) is 6.92 Å². The second-order valence-electron chi connectivity index (χ2n) is 4.62. The SMILES string of the molecule is Cc1cccc(OCc2nnc(-c3cccc(Cl)c3)o2)c1. The molecule has 0 saturated carbocycles. The predicted molar refractivity (Wildman–Crippen MR) is 80.3 cm³/mol. The van der Waals surface area contributed by atoms with Gasteiger partial charge in [-0.2, -0.15) is 0 Å². The normalized spacial score (nSPS) is 10.6. The van der Waals surface area contributed by atoms with Crippen molar-refractivity contribution in [2.45, 2.75) is 13.5 Å². The van der Waals surface area contributed by atoms with E-state index in [-0.39, 0.29) is 6.61 Å². The van der Waals surface area contributed by atoms with Crippen LogP contribution in [0.25, 0.3) is 11.5 Å². The van der Waals surface area contributed by atoms with E-state index in [1.54, 1.807) is 12.1 Å². The number of rotatable bonds is 4. The van der Waals surface area contributed by atoms with E-state index in [4.69, 9.17) is 20.8 Å². The van der Waals surface area contributed by atoms with Crippen LogP contribution in [0.4, 0.5) is 0 Å². The highest BCUT2D eigenvalue weighted by atomic mass is 35.5. The molecule has 0 aliphatic heterocycles. The van der Waals surface area contributed by atoms with Crippen molar-refractivity contribution in [2.75, 3.05) is 0 Å². The van der Waals surface area contributed by atoms with Crippen LogP contribution >= 0.6 is 11.6 Å². The van der Waals surface area contributed by atoms with Gasteiger partial charge in [0.05, 0.1) is 0 Å². The van der Waals surface area contributed by atoms with Gasteiger partial charge >= 0.3 is 0 Å². The molecule has 0 fully saturated rings. The summed E-state index contributed by atoms with van der Waals surface area (Å²) in [4.78, 5) is 0. The summed E-state index contributed by atoms with van der Waals surface area (Å²) >= 11 is 5.94. The lowest BCUT2D eigenvalue weighted by Gasteiger charge is -2.03. The highest BCUT2D eigenvalue weighted by Gasteiger charge is 2.09. The van der Waals surface area contributed by atoms with Gasteiger partial charge in [-0.3, -0.25) is 0 Å². The number of aromatic nitrogens is 2. The number of benzene rings is 2. The van der Waals surface area contributed by atoms with Crippen molar-refractivity contribution >= 4 is 11.6 Å². The molecule has 2 aromatic carbocycles. The molecule has 3 rings (SSSR count). The van der Waals surface area contributed by atoms with Gasteiger partial charge in [0.25, 0.3) is 5.89 Å². The van der Waals surface area contributed by atoms with Crippen molar-refractivity contribution in [3.05, 3.63) is 65.0 Å². The molecule has 0 unspecified atom stereocenters. The molecule has 0 bridgehead atoms. The fraction of sp³-hybridized carbons (Fsp3) is 0.125. The third-order valence-corrected chi connectivity index (χ3v) is 3.13. The molecule has 106 valence electrons. The van der Waals surface area contributed by atoms with Crippen molar-refractivity contribution in [3.8, 4) is 17.2 Å². The van der Waals surface area contributed by atoms with E-state index in [2.05, 4.69) is 10.2 Å². The highest BCUT2D eigenvalue weighted by Crippen LogP contribution is 2.22. The molecule has 3 aromatic rings. The smallest absolute Gasteiger partial charge is 0.254 e. The van der Waals surface area contributed by atoms with Gasteiger partial charge in [0.2, 0.25) is 5.89 Å². The average molecular weight is 301 g/mol. The molecule has 0 saturated heterocycles. The molecule has 0 amide bonds. The van der Waals surface area contributed by atoms with E-state index in [9.17, 15) is 0 Å². The molecule has 0 aliphatic carbocycles. The van der Waals surface area contributed by atoms with Gasteiger partial charge in [0, 0.05) is 10.6 Å². The van der Waals surface area contributed by atoms with Gasteiger partial charge in [0.1, 0.15) is 5.75 Å². The summed E-state index contributed by atoms with van der Waals surface area (Å²) in [5.74, 6) is 1.63. The average Bonchev–Trinajstić information content (AvgIpc) is 2.94. The quantitative estimate of drug-likeness (QED) is 0.721. The van der Waals surface area contributed by atoms with Gasteiger partial charge in [-0.25, -0.2) is 0 Å². The molecule has 1 aromatic heterocycles. The maximum Gasteiger partial charge on any atom is 0.254 e. The Kier molecular flexibility index (Phi) is 3.88. The Morgan fingerprint density at radius 2 is 1.95 bits per heavy atom. The fourth-order valence-corrected chi connectivity index (χ4v) is 2.09. The van der Waals surface area contributed by atoms with Crippen LogP contribution in [0.2, 0.25) is 5.02 Å². The molecular formula is C16H13ClN2O2. The Bertz CT molecular complexity index is 755. The maximum atomic E-state index is 5.94. The predicted octanol–water partition coefficient (Wildman–Crippen LogP) is 4.28. The Hall–Kier alpha value is -2.33. The zero-order chi connectivity index (χ0) is 14.7. The molecule has 0 spiro atoms. The molecule has 5 heteroatoms. The third-order valence-electron chi connectivity index (χ3n) is 2.89. The van der Waals surface area contributed by atoms with E-state index >= 15 is 0 Å². The Morgan fingerprint density at radius 1 is 1.10 bits per heavy atom. The fourth-order valence-electron chi connectivity index (χ4n) is 1.90. The van der Waals surface area contributed by atoms with Gasteiger partial charge in [-0.15, -0.1) is 10.2 Å². The summed E-state index contributed by atoms with van der Waals surface area (Å²) in [6, 6.07) is 15.1. The van der Waals surface area contributed by atoms with Crippen molar-refractivity contribution in [2.24, 2.45) is 0 Å². The first-order valence-electron chi connectivity index (χ1n) is 6.48. The lowest BCUT2D eigenvalue weighted by Crippen LogP contribution is -1.95. The van der Waals surface area contributed by atoms with Crippen molar-refractivity contribution < 1.29 is 9.15 Å². The van der Waals surface area contributed by atoms with Gasteiger partial charge in [0.15, 0.2) is 6.61 Å². The molecule has 1 heterocycles. The minimum Gasteiger partial charge on any atom is -0.484 e. The first kappa shape index (κ1) is 13.6. The first-order valence-corrected chi connectivity index (χ1v) is 6.86. The van der Waals surface area contributed by atoms with Crippen LogP contribution in [0.1, 0.15) is 11.5 Å². The van der Waals surface area contributed by atoms with Crippen LogP contribution in [0.3, 0.4) is 0 Å². The molecule has 0 N–H and O–H groups in total. The van der Waals surface area contributed by atoms with Crippen LogP contribution < -0.4 is 4.74 Å². The zero-order valence-corrected chi connectivity index (χ0v) is 12.2. The summed E-state index contributed by atoms with van der Waals surface area (Å²) < 4.78 is 11.2. The zero-order valence-electron chi connectivity index (χ0n) is 11.4. The number of nitrogens with zero attached hydrogens (tertiary/aromatic N) is 2. The summed E-state index contributed by atoms with van der Waals surface area (Å²) in [5, 5.41) is 8.61. The molecule has 0 radical (unpaired) electrons.